The third kappa shape index (κ3) is 2.45. The molecule has 1 heterocycles. The van der Waals surface area contributed by atoms with Crippen molar-refractivity contribution < 1.29 is 9.47 Å². The standard InChI is InChI=1S/C12H23N3O2/c1-7-12(2,17-6)11(13-3)10-9(16-5)8-14-15(10)4/h8,11,13H,7H2,1-6H3. The molecule has 0 aliphatic rings. The molecule has 0 bridgehead atoms. The smallest absolute Gasteiger partial charge is 0.161 e. The van der Waals surface area contributed by atoms with Gasteiger partial charge in [-0.3, -0.25) is 4.68 Å². The Morgan fingerprint density at radius 1 is 1.53 bits per heavy atom. The maximum atomic E-state index is 5.66. The molecule has 0 fully saturated rings. The molecular formula is C12H23N3O2. The minimum atomic E-state index is -0.296. The number of rotatable bonds is 6. The van der Waals surface area contributed by atoms with Crippen LogP contribution in [-0.2, 0) is 11.8 Å². The van der Waals surface area contributed by atoms with Gasteiger partial charge < -0.3 is 14.8 Å². The van der Waals surface area contributed by atoms with E-state index in [-0.39, 0.29) is 11.6 Å². The summed E-state index contributed by atoms with van der Waals surface area (Å²) in [5, 5.41) is 7.53. The molecule has 5 nitrogen and oxygen atoms in total. The van der Waals surface area contributed by atoms with E-state index < -0.39 is 0 Å². The van der Waals surface area contributed by atoms with Gasteiger partial charge in [-0.15, -0.1) is 0 Å². The van der Waals surface area contributed by atoms with Crippen molar-refractivity contribution in [2.45, 2.75) is 31.9 Å². The minimum absolute atomic E-state index is 0.0277. The van der Waals surface area contributed by atoms with Gasteiger partial charge in [0.2, 0.25) is 0 Å². The summed E-state index contributed by atoms with van der Waals surface area (Å²) >= 11 is 0. The highest BCUT2D eigenvalue weighted by Gasteiger charge is 2.36. The van der Waals surface area contributed by atoms with Crippen LogP contribution in [0.2, 0.25) is 0 Å². The molecule has 1 aromatic rings. The molecule has 0 saturated heterocycles. The summed E-state index contributed by atoms with van der Waals surface area (Å²) in [5.74, 6) is 0.781. The summed E-state index contributed by atoms with van der Waals surface area (Å²) in [6, 6.07) is 0.0277. The van der Waals surface area contributed by atoms with Gasteiger partial charge in [0, 0.05) is 14.2 Å². The van der Waals surface area contributed by atoms with Crippen LogP contribution in [0.3, 0.4) is 0 Å². The Labute approximate surface area is 103 Å². The first-order valence-electron chi connectivity index (χ1n) is 5.82. The minimum Gasteiger partial charge on any atom is -0.493 e. The summed E-state index contributed by atoms with van der Waals surface area (Å²) in [4.78, 5) is 0. The second-order valence-electron chi connectivity index (χ2n) is 4.31. The molecule has 5 heteroatoms. The normalized spacial score (nSPS) is 16.6. The number of hydrogen-bond acceptors (Lipinski definition) is 4. The fourth-order valence-electron chi connectivity index (χ4n) is 2.11. The van der Waals surface area contributed by atoms with E-state index in [1.807, 2.05) is 18.8 Å². The van der Waals surface area contributed by atoms with Crippen molar-refractivity contribution >= 4 is 0 Å². The molecule has 1 aromatic heterocycles. The third-order valence-corrected chi connectivity index (χ3v) is 3.51. The summed E-state index contributed by atoms with van der Waals surface area (Å²) < 4.78 is 12.8. The molecular weight excluding hydrogens is 218 g/mol. The summed E-state index contributed by atoms with van der Waals surface area (Å²) in [6.45, 7) is 4.19. The monoisotopic (exact) mass is 241 g/mol. The zero-order valence-corrected chi connectivity index (χ0v) is 11.6. The van der Waals surface area contributed by atoms with Crippen LogP contribution >= 0.6 is 0 Å². The van der Waals surface area contributed by atoms with Gasteiger partial charge in [0.1, 0.15) is 0 Å². The van der Waals surface area contributed by atoms with E-state index in [9.17, 15) is 0 Å². The number of likely N-dealkylation sites (N-methyl/N-ethyl adjacent to an activating group) is 1. The van der Waals surface area contributed by atoms with Gasteiger partial charge >= 0.3 is 0 Å². The lowest BCUT2D eigenvalue weighted by Crippen LogP contribution is -2.42. The molecule has 0 spiro atoms. The highest BCUT2D eigenvalue weighted by Crippen LogP contribution is 2.35. The van der Waals surface area contributed by atoms with Crippen LogP contribution in [0.25, 0.3) is 0 Å². The van der Waals surface area contributed by atoms with Crippen molar-refractivity contribution in [2.75, 3.05) is 21.3 Å². The Kier molecular flexibility index (Phi) is 4.54. The summed E-state index contributed by atoms with van der Waals surface area (Å²) in [7, 11) is 7.22. The van der Waals surface area contributed by atoms with Crippen molar-refractivity contribution in [3.05, 3.63) is 11.9 Å². The number of nitrogens with zero attached hydrogens (tertiary/aromatic N) is 2. The van der Waals surface area contributed by atoms with Crippen molar-refractivity contribution in [3.8, 4) is 5.75 Å². The molecule has 0 saturated carbocycles. The second-order valence-corrected chi connectivity index (χ2v) is 4.31. The van der Waals surface area contributed by atoms with E-state index >= 15 is 0 Å². The Hall–Kier alpha value is -1.07. The van der Waals surface area contributed by atoms with E-state index in [1.165, 1.54) is 0 Å². The van der Waals surface area contributed by atoms with Gasteiger partial charge in [-0.05, 0) is 20.4 Å². The molecule has 0 aliphatic carbocycles. The van der Waals surface area contributed by atoms with Gasteiger partial charge in [0.05, 0.1) is 30.6 Å². The van der Waals surface area contributed by atoms with Gasteiger partial charge in [-0.2, -0.15) is 5.10 Å². The van der Waals surface area contributed by atoms with E-state index in [1.54, 1.807) is 20.4 Å². The summed E-state index contributed by atoms with van der Waals surface area (Å²) in [6.07, 6.45) is 2.62. The number of nitrogens with one attached hydrogen (secondary N) is 1. The van der Waals surface area contributed by atoms with Crippen LogP contribution in [0, 0.1) is 0 Å². The molecule has 0 aliphatic heterocycles. The Balaban J connectivity index is 3.21. The van der Waals surface area contributed by atoms with Crippen molar-refractivity contribution in [1.29, 1.82) is 0 Å². The number of methoxy groups -OCH3 is 2. The topological polar surface area (TPSA) is 48.3 Å². The van der Waals surface area contributed by atoms with Gasteiger partial charge in [0.25, 0.3) is 0 Å². The quantitative estimate of drug-likeness (QED) is 0.820. The molecule has 0 radical (unpaired) electrons. The molecule has 2 atom stereocenters. The van der Waals surface area contributed by atoms with Crippen molar-refractivity contribution in [3.63, 3.8) is 0 Å². The summed E-state index contributed by atoms with van der Waals surface area (Å²) in [5.41, 5.74) is 0.705. The Bertz CT molecular complexity index is 359. The van der Waals surface area contributed by atoms with E-state index in [0.717, 1.165) is 17.9 Å². The number of aromatic nitrogens is 2. The van der Waals surface area contributed by atoms with Crippen LogP contribution in [0.5, 0.6) is 5.75 Å². The Morgan fingerprint density at radius 3 is 2.59 bits per heavy atom. The lowest BCUT2D eigenvalue weighted by Gasteiger charge is -2.35. The average Bonchev–Trinajstić information content (AvgIpc) is 2.71. The second kappa shape index (κ2) is 5.51. The number of aryl methyl sites for hydroxylation is 1. The van der Waals surface area contributed by atoms with Gasteiger partial charge in [-0.1, -0.05) is 6.92 Å². The molecule has 1 N–H and O–H groups in total. The fraction of sp³-hybridized carbons (Fsp3) is 0.750. The van der Waals surface area contributed by atoms with Gasteiger partial charge in [0.15, 0.2) is 5.75 Å². The first kappa shape index (κ1) is 14.0. The maximum Gasteiger partial charge on any atom is 0.161 e. The van der Waals surface area contributed by atoms with Crippen LogP contribution < -0.4 is 10.1 Å². The van der Waals surface area contributed by atoms with Gasteiger partial charge in [-0.25, -0.2) is 0 Å². The molecule has 0 aromatic carbocycles. The largest absolute Gasteiger partial charge is 0.493 e. The van der Waals surface area contributed by atoms with Crippen LogP contribution in [0.1, 0.15) is 32.0 Å². The Morgan fingerprint density at radius 2 is 2.18 bits per heavy atom. The molecule has 17 heavy (non-hydrogen) atoms. The van der Waals surface area contributed by atoms with Crippen molar-refractivity contribution in [1.82, 2.24) is 15.1 Å². The number of ether oxygens (including phenoxy) is 2. The molecule has 2 unspecified atom stereocenters. The first-order valence-corrected chi connectivity index (χ1v) is 5.82. The predicted octanol–water partition coefficient (Wildman–Crippen LogP) is 1.50. The van der Waals surface area contributed by atoms with Crippen molar-refractivity contribution in [2.24, 2.45) is 7.05 Å². The zero-order valence-electron chi connectivity index (χ0n) is 11.6. The highest BCUT2D eigenvalue weighted by atomic mass is 16.5. The fourth-order valence-corrected chi connectivity index (χ4v) is 2.11. The average molecular weight is 241 g/mol. The SMILES string of the molecule is CCC(C)(OC)C(NC)c1c(OC)cnn1C. The van der Waals surface area contributed by atoms with E-state index in [0.29, 0.717) is 0 Å². The van der Waals surface area contributed by atoms with E-state index in [2.05, 4.69) is 24.3 Å². The van der Waals surface area contributed by atoms with Crippen LogP contribution in [0.15, 0.2) is 6.20 Å². The zero-order chi connectivity index (χ0) is 13.1. The van der Waals surface area contributed by atoms with E-state index in [4.69, 9.17) is 9.47 Å². The molecule has 98 valence electrons. The predicted molar refractivity (Wildman–Crippen MR) is 67.3 cm³/mol. The van der Waals surface area contributed by atoms with Crippen LogP contribution in [-0.4, -0.2) is 36.6 Å². The maximum absolute atomic E-state index is 5.66. The molecule has 1 rings (SSSR count). The van der Waals surface area contributed by atoms with Crippen LogP contribution in [0.4, 0.5) is 0 Å². The number of hydrogen-bond donors (Lipinski definition) is 1. The molecule has 0 amide bonds. The third-order valence-electron chi connectivity index (χ3n) is 3.51. The lowest BCUT2D eigenvalue weighted by molar-refractivity contribution is -0.0305. The highest BCUT2D eigenvalue weighted by molar-refractivity contribution is 5.30. The first-order chi connectivity index (χ1) is 8.03. The lowest BCUT2D eigenvalue weighted by atomic mass is 9.90.